The lowest BCUT2D eigenvalue weighted by molar-refractivity contribution is 0.379. The molecule has 3 N–H and O–H groups in total. The number of nitrogens with one attached hydrogen (secondary N) is 1. The van der Waals surface area contributed by atoms with E-state index in [1.54, 1.807) is 6.92 Å². The first-order chi connectivity index (χ1) is 7.66. The molecule has 1 heterocycles. The minimum Gasteiger partial charge on any atom is -0.398 e. The second-order valence-corrected chi connectivity index (χ2v) is 3.61. The molecule has 5 heteroatoms. The highest BCUT2D eigenvalue weighted by atomic mass is 16.5. The van der Waals surface area contributed by atoms with Crippen LogP contribution in [0.4, 0.5) is 11.4 Å². The maximum atomic E-state index is 5.80. The van der Waals surface area contributed by atoms with Crippen molar-refractivity contribution in [1.29, 1.82) is 0 Å². The summed E-state index contributed by atoms with van der Waals surface area (Å²) in [5, 5.41) is 6.93. The molecule has 0 unspecified atom stereocenters. The predicted molar refractivity (Wildman–Crippen MR) is 62.0 cm³/mol. The smallest absolute Gasteiger partial charge is 0.245 e. The van der Waals surface area contributed by atoms with E-state index in [4.69, 9.17) is 10.3 Å². The molecule has 1 aromatic carbocycles. The van der Waals surface area contributed by atoms with Crippen LogP contribution in [-0.2, 0) is 6.54 Å². The fourth-order valence-electron chi connectivity index (χ4n) is 1.43. The van der Waals surface area contributed by atoms with E-state index < -0.39 is 0 Å². The molecule has 2 aromatic rings. The molecule has 0 saturated carbocycles. The molecule has 0 bridgehead atoms. The molecular weight excluding hydrogens is 204 g/mol. The number of benzene rings is 1. The van der Waals surface area contributed by atoms with Gasteiger partial charge in [0.1, 0.15) is 0 Å². The van der Waals surface area contributed by atoms with Crippen molar-refractivity contribution in [1.82, 2.24) is 10.1 Å². The summed E-state index contributed by atoms with van der Waals surface area (Å²) < 4.78 is 5.00. The molecule has 0 amide bonds. The van der Waals surface area contributed by atoms with Gasteiger partial charge in [-0.1, -0.05) is 11.2 Å². The number of hydrogen-bond acceptors (Lipinski definition) is 5. The van der Waals surface area contributed by atoms with Crippen molar-refractivity contribution in [3.63, 3.8) is 0 Å². The number of hydrogen-bond donors (Lipinski definition) is 2. The quantitative estimate of drug-likeness (QED) is 0.769. The average molecular weight is 218 g/mol. The lowest BCUT2D eigenvalue weighted by Crippen LogP contribution is -2.02. The molecule has 0 radical (unpaired) electrons. The molecule has 0 fully saturated rings. The van der Waals surface area contributed by atoms with Crippen LogP contribution < -0.4 is 11.1 Å². The fraction of sp³-hybridized carbons (Fsp3) is 0.273. The Morgan fingerprint density at radius 2 is 2.19 bits per heavy atom. The summed E-state index contributed by atoms with van der Waals surface area (Å²) in [6.45, 7) is 4.26. The molecule has 84 valence electrons. The van der Waals surface area contributed by atoms with Crippen LogP contribution in [0.2, 0.25) is 0 Å². The van der Waals surface area contributed by atoms with Gasteiger partial charge >= 0.3 is 0 Å². The Morgan fingerprint density at radius 1 is 1.38 bits per heavy atom. The van der Waals surface area contributed by atoms with Gasteiger partial charge in [0.15, 0.2) is 5.82 Å². The Hall–Kier alpha value is -2.04. The van der Waals surface area contributed by atoms with Crippen molar-refractivity contribution in [3.8, 4) is 0 Å². The van der Waals surface area contributed by atoms with Crippen LogP contribution in [0.15, 0.2) is 22.7 Å². The van der Waals surface area contributed by atoms with E-state index in [1.165, 1.54) is 0 Å². The summed E-state index contributed by atoms with van der Waals surface area (Å²) in [6.07, 6.45) is 0. The van der Waals surface area contributed by atoms with Crippen LogP contribution >= 0.6 is 0 Å². The average Bonchev–Trinajstić information content (AvgIpc) is 2.67. The summed E-state index contributed by atoms with van der Waals surface area (Å²) in [4.78, 5) is 4.11. The summed E-state index contributed by atoms with van der Waals surface area (Å²) in [5.74, 6) is 1.21. The number of nitrogen functional groups attached to an aromatic ring is 1. The number of aryl methyl sites for hydroxylation is 1. The maximum Gasteiger partial charge on any atom is 0.245 e. The van der Waals surface area contributed by atoms with Crippen molar-refractivity contribution in [2.45, 2.75) is 20.4 Å². The fourth-order valence-corrected chi connectivity index (χ4v) is 1.43. The van der Waals surface area contributed by atoms with Gasteiger partial charge in [-0.3, -0.25) is 0 Å². The normalized spacial score (nSPS) is 10.4. The van der Waals surface area contributed by atoms with Gasteiger partial charge in [0.05, 0.1) is 6.54 Å². The summed E-state index contributed by atoms with van der Waals surface area (Å²) in [5.41, 5.74) is 8.58. The third-order valence-corrected chi connectivity index (χ3v) is 2.38. The number of nitrogens with two attached hydrogens (primary N) is 1. The van der Waals surface area contributed by atoms with E-state index in [1.807, 2.05) is 25.1 Å². The first kappa shape index (κ1) is 10.5. The topological polar surface area (TPSA) is 77.0 Å². The Balaban J connectivity index is 2.07. The molecule has 5 nitrogen and oxygen atoms in total. The van der Waals surface area contributed by atoms with Gasteiger partial charge in [-0.15, -0.1) is 0 Å². The molecule has 16 heavy (non-hydrogen) atoms. The number of nitrogens with zero attached hydrogens (tertiary/aromatic N) is 2. The Kier molecular flexibility index (Phi) is 2.76. The van der Waals surface area contributed by atoms with Gasteiger partial charge in [0.25, 0.3) is 0 Å². The molecule has 0 atom stereocenters. The predicted octanol–water partition coefficient (Wildman–Crippen LogP) is 1.88. The minimum absolute atomic E-state index is 0.505. The van der Waals surface area contributed by atoms with Crippen molar-refractivity contribution in [2.24, 2.45) is 0 Å². The van der Waals surface area contributed by atoms with E-state index in [2.05, 4.69) is 15.5 Å². The molecule has 0 aliphatic heterocycles. The molecule has 0 saturated heterocycles. The van der Waals surface area contributed by atoms with Crippen LogP contribution in [0.5, 0.6) is 0 Å². The van der Waals surface area contributed by atoms with E-state index in [-0.39, 0.29) is 0 Å². The largest absolute Gasteiger partial charge is 0.398 e. The van der Waals surface area contributed by atoms with Crippen LogP contribution in [0.3, 0.4) is 0 Å². The Bertz CT molecular complexity index is 492. The van der Waals surface area contributed by atoms with Crippen molar-refractivity contribution < 1.29 is 4.52 Å². The van der Waals surface area contributed by atoms with Crippen LogP contribution in [0, 0.1) is 13.8 Å². The second kappa shape index (κ2) is 4.22. The van der Waals surface area contributed by atoms with Crippen LogP contribution in [0.1, 0.15) is 17.3 Å². The molecule has 2 rings (SSSR count). The molecule has 0 spiro atoms. The van der Waals surface area contributed by atoms with Gasteiger partial charge in [-0.25, -0.2) is 0 Å². The van der Waals surface area contributed by atoms with Crippen molar-refractivity contribution in [2.75, 3.05) is 11.1 Å². The Morgan fingerprint density at radius 3 is 2.88 bits per heavy atom. The first-order valence-electron chi connectivity index (χ1n) is 5.05. The van der Waals surface area contributed by atoms with Gasteiger partial charge in [-0.05, 0) is 31.5 Å². The molecule has 0 aliphatic carbocycles. The maximum absolute atomic E-state index is 5.80. The summed E-state index contributed by atoms with van der Waals surface area (Å²) >= 11 is 0. The van der Waals surface area contributed by atoms with Gasteiger partial charge in [0.2, 0.25) is 5.89 Å². The number of aromatic nitrogens is 2. The highest BCUT2D eigenvalue weighted by Gasteiger charge is 2.04. The summed E-state index contributed by atoms with van der Waals surface area (Å²) in [7, 11) is 0. The van der Waals surface area contributed by atoms with Crippen LogP contribution in [0.25, 0.3) is 0 Å². The lowest BCUT2D eigenvalue weighted by atomic mass is 10.1. The highest BCUT2D eigenvalue weighted by Crippen LogP contribution is 2.20. The van der Waals surface area contributed by atoms with E-state index in [9.17, 15) is 0 Å². The standard InChI is InChI=1S/C11H14N4O/c1-7-9(12)4-3-5-10(7)13-6-11-14-8(2)15-16-11/h3-5,13H,6,12H2,1-2H3. The SMILES string of the molecule is Cc1noc(CNc2cccc(N)c2C)n1. The highest BCUT2D eigenvalue weighted by molar-refractivity contribution is 5.62. The van der Waals surface area contributed by atoms with Crippen molar-refractivity contribution >= 4 is 11.4 Å². The van der Waals surface area contributed by atoms with Crippen LogP contribution in [-0.4, -0.2) is 10.1 Å². The summed E-state index contributed by atoms with van der Waals surface area (Å²) in [6, 6.07) is 5.75. The monoisotopic (exact) mass is 218 g/mol. The zero-order valence-corrected chi connectivity index (χ0v) is 9.32. The van der Waals surface area contributed by atoms with Gasteiger partial charge in [0, 0.05) is 11.4 Å². The number of rotatable bonds is 3. The zero-order valence-electron chi connectivity index (χ0n) is 9.32. The number of anilines is 2. The zero-order chi connectivity index (χ0) is 11.5. The van der Waals surface area contributed by atoms with E-state index in [0.717, 1.165) is 16.9 Å². The third-order valence-electron chi connectivity index (χ3n) is 2.38. The van der Waals surface area contributed by atoms with E-state index in [0.29, 0.717) is 18.3 Å². The molecule has 0 aliphatic rings. The minimum atomic E-state index is 0.505. The second-order valence-electron chi connectivity index (χ2n) is 3.61. The molecule has 1 aromatic heterocycles. The Labute approximate surface area is 93.7 Å². The van der Waals surface area contributed by atoms with Gasteiger partial charge in [-0.2, -0.15) is 4.98 Å². The van der Waals surface area contributed by atoms with Gasteiger partial charge < -0.3 is 15.6 Å². The first-order valence-corrected chi connectivity index (χ1v) is 5.05. The lowest BCUT2D eigenvalue weighted by Gasteiger charge is -2.08. The third kappa shape index (κ3) is 2.13. The van der Waals surface area contributed by atoms with Crippen molar-refractivity contribution in [3.05, 3.63) is 35.5 Å². The van der Waals surface area contributed by atoms with E-state index >= 15 is 0 Å². The molecular formula is C11H14N4O.